The Morgan fingerprint density at radius 3 is 2.76 bits per heavy atom. The zero-order valence-electron chi connectivity index (χ0n) is 9.66. The molecule has 1 amide bonds. The Morgan fingerprint density at radius 2 is 2.24 bits per heavy atom. The number of anilines is 1. The quantitative estimate of drug-likeness (QED) is 0.664. The molecule has 92 valence electrons. The fourth-order valence-corrected chi connectivity index (χ4v) is 2.36. The van der Waals surface area contributed by atoms with Crippen LogP contribution in [0.4, 0.5) is 5.69 Å². The van der Waals surface area contributed by atoms with Crippen molar-refractivity contribution in [2.75, 3.05) is 5.32 Å². The molecule has 0 aliphatic carbocycles. The topological polar surface area (TPSA) is 66.4 Å². The molecule has 0 fully saturated rings. The number of benzene rings is 1. The average Bonchev–Trinajstić information content (AvgIpc) is 2.23. The van der Waals surface area contributed by atoms with Gasteiger partial charge in [0.2, 0.25) is 5.91 Å². The normalized spacial score (nSPS) is 11.9. The van der Waals surface area contributed by atoms with Crippen molar-refractivity contribution in [3.8, 4) is 5.75 Å². The number of aldehydes is 1. The summed E-state index contributed by atoms with van der Waals surface area (Å²) in [7, 11) is 0. The third-order valence-electron chi connectivity index (χ3n) is 2.41. The minimum atomic E-state index is -0.266. The molecule has 0 radical (unpaired) electrons. The number of phenolic OH excluding ortho intramolecular Hbond substituents is 1. The minimum Gasteiger partial charge on any atom is -0.506 e. The number of halogens is 1. The van der Waals surface area contributed by atoms with Crippen LogP contribution in [0.3, 0.4) is 0 Å². The highest BCUT2D eigenvalue weighted by Gasteiger charge is 2.18. The van der Waals surface area contributed by atoms with Gasteiger partial charge < -0.3 is 15.2 Å². The highest BCUT2D eigenvalue weighted by Crippen LogP contribution is 2.39. The Labute approximate surface area is 108 Å². The summed E-state index contributed by atoms with van der Waals surface area (Å²) < 4.78 is 0.758. The predicted octanol–water partition coefficient (Wildman–Crippen LogP) is 2.81. The van der Waals surface area contributed by atoms with Crippen molar-refractivity contribution in [2.24, 2.45) is 0 Å². The van der Waals surface area contributed by atoms with Crippen LogP contribution in [0.1, 0.15) is 31.7 Å². The van der Waals surface area contributed by atoms with Crippen molar-refractivity contribution in [2.45, 2.75) is 26.2 Å². The first-order valence-corrected chi connectivity index (χ1v) is 5.99. The van der Waals surface area contributed by atoms with Crippen LogP contribution >= 0.6 is 15.9 Å². The van der Waals surface area contributed by atoms with Gasteiger partial charge in [-0.3, -0.25) is 4.79 Å². The van der Waals surface area contributed by atoms with Gasteiger partial charge in [0, 0.05) is 17.8 Å². The molecule has 0 heterocycles. The zero-order valence-corrected chi connectivity index (χ0v) is 11.2. The number of rotatable bonds is 4. The number of aromatic hydroxyl groups is 1. The van der Waals surface area contributed by atoms with Crippen LogP contribution in [-0.2, 0) is 9.59 Å². The lowest BCUT2D eigenvalue weighted by molar-refractivity contribution is -0.114. The van der Waals surface area contributed by atoms with Crippen molar-refractivity contribution in [1.29, 1.82) is 0 Å². The van der Waals surface area contributed by atoms with Crippen LogP contribution in [-0.4, -0.2) is 17.3 Å². The van der Waals surface area contributed by atoms with E-state index in [1.807, 2.05) is 6.92 Å². The average molecular weight is 300 g/mol. The molecule has 1 aromatic rings. The molecule has 1 rings (SSSR count). The van der Waals surface area contributed by atoms with E-state index < -0.39 is 0 Å². The highest BCUT2D eigenvalue weighted by molar-refractivity contribution is 9.10. The van der Waals surface area contributed by atoms with Gasteiger partial charge >= 0.3 is 0 Å². The maximum Gasteiger partial charge on any atom is 0.221 e. The molecule has 0 aliphatic rings. The van der Waals surface area contributed by atoms with Crippen LogP contribution in [0.25, 0.3) is 0 Å². The van der Waals surface area contributed by atoms with E-state index in [0.717, 1.165) is 16.3 Å². The summed E-state index contributed by atoms with van der Waals surface area (Å²) in [5.41, 5.74) is 1.09. The van der Waals surface area contributed by atoms with Gasteiger partial charge in [0.05, 0.1) is 5.69 Å². The van der Waals surface area contributed by atoms with Gasteiger partial charge in [-0.05, 0) is 23.6 Å². The van der Waals surface area contributed by atoms with Crippen LogP contribution in [0.2, 0.25) is 0 Å². The number of nitrogens with one attached hydrogen (secondary N) is 1. The van der Waals surface area contributed by atoms with Crippen molar-refractivity contribution in [3.05, 3.63) is 22.2 Å². The van der Waals surface area contributed by atoms with E-state index in [4.69, 9.17) is 0 Å². The number of carbonyl (C=O) groups excluding carboxylic acids is 2. The lowest BCUT2D eigenvalue weighted by Gasteiger charge is -2.17. The van der Waals surface area contributed by atoms with Crippen molar-refractivity contribution in [1.82, 2.24) is 0 Å². The Morgan fingerprint density at radius 1 is 1.59 bits per heavy atom. The maximum atomic E-state index is 11.1. The number of hydrogen-bond donors (Lipinski definition) is 2. The van der Waals surface area contributed by atoms with Crippen molar-refractivity contribution >= 4 is 33.8 Å². The van der Waals surface area contributed by atoms with E-state index in [1.54, 1.807) is 6.07 Å². The maximum absolute atomic E-state index is 11.1. The van der Waals surface area contributed by atoms with Gasteiger partial charge in [-0.15, -0.1) is 0 Å². The Balaban J connectivity index is 3.28. The van der Waals surface area contributed by atoms with Gasteiger partial charge in [-0.25, -0.2) is 0 Å². The highest BCUT2D eigenvalue weighted by atomic mass is 79.9. The first-order chi connectivity index (χ1) is 7.97. The van der Waals surface area contributed by atoms with Crippen molar-refractivity contribution in [3.63, 3.8) is 0 Å². The number of phenols is 1. The molecular formula is C12H14BrNO3. The van der Waals surface area contributed by atoms with Gasteiger partial charge in [-0.1, -0.05) is 22.9 Å². The molecule has 0 saturated carbocycles. The predicted molar refractivity (Wildman–Crippen MR) is 69.2 cm³/mol. The molecule has 0 saturated heterocycles. The molecule has 17 heavy (non-hydrogen) atoms. The second-order valence-corrected chi connectivity index (χ2v) is 4.69. The summed E-state index contributed by atoms with van der Waals surface area (Å²) in [6.07, 6.45) is 1.15. The molecular weight excluding hydrogens is 286 g/mol. The lowest BCUT2D eigenvalue weighted by atomic mass is 9.96. The first kappa shape index (κ1) is 13.7. The molecule has 0 spiro atoms. The summed E-state index contributed by atoms with van der Waals surface area (Å²) in [6, 6.07) is 3.18. The minimum absolute atomic E-state index is 0.00357. The van der Waals surface area contributed by atoms with E-state index in [1.165, 1.54) is 13.0 Å². The van der Waals surface area contributed by atoms with E-state index in [-0.39, 0.29) is 17.6 Å². The number of hydrogen-bond acceptors (Lipinski definition) is 3. The molecule has 2 N–H and O–H groups in total. The van der Waals surface area contributed by atoms with E-state index in [0.29, 0.717) is 12.1 Å². The zero-order chi connectivity index (χ0) is 13.0. The second-order valence-electron chi connectivity index (χ2n) is 3.84. The van der Waals surface area contributed by atoms with E-state index in [2.05, 4.69) is 21.2 Å². The van der Waals surface area contributed by atoms with Gasteiger partial charge in [-0.2, -0.15) is 0 Å². The Bertz CT molecular complexity index is 446. The fraction of sp³-hybridized carbons (Fsp3) is 0.333. The Hall–Kier alpha value is -1.36. The third kappa shape index (κ3) is 3.30. The lowest BCUT2D eigenvalue weighted by Crippen LogP contribution is -2.10. The number of amides is 1. The molecule has 1 atom stereocenters. The molecule has 1 unspecified atom stereocenters. The summed E-state index contributed by atoms with van der Waals surface area (Å²) in [5.74, 6) is -0.357. The fourth-order valence-electron chi connectivity index (χ4n) is 1.63. The van der Waals surface area contributed by atoms with Crippen LogP contribution in [0.5, 0.6) is 5.75 Å². The largest absolute Gasteiger partial charge is 0.506 e. The summed E-state index contributed by atoms with van der Waals surface area (Å²) in [6.45, 7) is 3.23. The van der Waals surface area contributed by atoms with E-state index >= 15 is 0 Å². The van der Waals surface area contributed by atoms with Crippen LogP contribution in [0, 0.1) is 0 Å². The third-order valence-corrected chi connectivity index (χ3v) is 3.11. The first-order valence-electron chi connectivity index (χ1n) is 5.20. The molecule has 1 aromatic carbocycles. The SMILES string of the molecule is CC(=O)Nc1c(O)ccc(Br)c1C(C)CC=O. The smallest absolute Gasteiger partial charge is 0.221 e. The van der Waals surface area contributed by atoms with Gasteiger partial charge in [0.1, 0.15) is 12.0 Å². The van der Waals surface area contributed by atoms with Crippen LogP contribution in [0.15, 0.2) is 16.6 Å². The van der Waals surface area contributed by atoms with Crippen molar-refractivity contribution < 1.29 is 14.7 Å². The van der Waals surface area contributed by atoms with Gasteiger partial charge in [0.15, 0.2) is 0 Å². The second kappa shape index (κ2) is 5.82. The van der Waals surface area contributed by atoms with Gasteiger partial charge in [0.25, 0.3) is 0 Å². The molecule has 4 nitrogen and oxygen atoms in total. The van der Waals surface area contributed by atoms with E-state index in [9.17, 15) is 14.7 Å². The standard InChI is InChI=1S/C12H14BrNO3/c1-7(5-6-15)11-9(13)3-4-10(17)12(11)14-8(2)16/h3-4,6-7,17H,5H2,1-2H3,(H,14,16). The van der Waals surface area contributed by atoms with Crippen LogP contribution < -0.4 is 5.32 Å². The molecule has 0 aromatic heterocycles. The molecule has 5 heteroatoms. The summed E-state index contributed by atoms with van der Waals surface area (Å²) in [5, 5.41) is 12.3. The summed E-state index contributed by atoms with van der Waals surface area (Å²) in [4.78, 5) is 21.7. The molecule has 0 aliphatic heterocycles. The molecule has 0 bridgehead atoms. The number of carbonyl (C=O) groups is 2. The monoisotopic (exact) mass is 299 g/mol. The Kier molecular flexibility index (Phi) is 4.69. The summed E-state index contributed by atoms with van der Waals surface area (Å²) >= 11 is 3.36.